The SMILES string of the molecule is COc1c(N)cc(S(=O)(=O)N(C)C)cc1F. The quantitative estimate of drug-likeness (QED) is 0.798. The average Bonchev–Trinajstić information content (AvgIpc) is 2.16. The molecule has 0 atom stereocenters. The fourth-order valence-electron chi connectivity index (χ4n) is 1.16. The van der Waals surface area contributed by atoms with Gasteiger partial charge in [-0.1, -0.05) is 0 Å². The van der Waals surface area contributed by atoms with E-state index in [4.69, 9.17) is 10.5 Å². The normalized spacial score (nSPS) is 11.8. The summed E-state index contributed by atoms with van der Waals surface area (Å²) in [6.07, 6.45) is 0. The standard InChI is InChI=1S/C9H13FN2O3S/c1-12(2)16(13,14)6-4-7(10)9(15-3)8(11)5-6/h4-5H,11H2,1-3H3. The van der Waals surface area contributed by atoms with Crippen LogP contribution < -0.4 is 10.5 Å². The topological polar surface area (TPSA) is 72.6 Å². The summed E-state index contributed by atoms with van der Waals surface area (Å²) >= 11 is 0. The van der Waals surface area contributed by atoms with Crippen molar-refractivity contribution in [3.8, 4) is 5.75 Å². The summed E-state index contributed by atoms with van der Waals surface area (Å²) in [6.45, 7) is 0. The average molecular weight is 248 g/mol. The molecule has 1 rings (SSSR count). The Kier molecular flexibility index (Phi) is 3.39. The van der Waals surface area contributed by atoms with Crippen LogP contribution in [0.1, 0.15) is 0 Å². The Morgan fingerprint density at radius 3 is 2.31 bits per heavy atom. The van der Waals surface area contributed by atoms with Gasteiger partial charge in [0.05, 0.1) is 17.7 Å². The number of nitrogen functional groups attached to an aromatic ring is 1. The molecule has 0 amide bonds. The molecule has 0 aliphatic heterocycles. The van der Waals surface area contributed by atoms with E-state index >= 15 is 0 Å². The highest BCUT2D eigenvalue weighted by molar-refractivity contribution is 7.89. The van der Waals surface area contributed by atoms with Crippen molar-refractivity contribution in [2.75, 3.05) is 26.9 Å². The molecule has 1 aromatic carbocycles. The van der Waals surface area contributed by atoms with Crippen molar-refractivity contribution < 1.29 is 17.5 Å². The van der Waals surface area contributed by atoms with E-state index in [1.165, 1.54) is 21.2 Å². The first-order valence-corrected chi connectivity index (χ1v) is 5.80. The van der Waals surface area contributed by atoms with E-state index in [1.54, 1.807) is 0 Å². The van der Waals surface area contributed by atoms with Crippen LogP contribution in [0.15, 0.2) is 17.0 Å². The van der Waals surface area contributed by atoms with Crippen molar-refractivity contribution >= 4 is 15.7 Å². The number of nitrogens with two attached hydrogens (primary N) is 1. The summed E-state index contributed by atoms with van der Waals surface area (Å²) in [5.74, 6) is -0.958. The molecule has 0 aliphatic carbocycles. The van der Waals surface area contributed by atoms with Crippen LogP contribution in [0.2, 0.25) is 0 Å². The maximum atomic E-state index is 13.4. The molecule has 0 aromatic heterocycles. The van der Waals surface area contributed by atoms with E-state index < -0.39 is 15.8 Å². The van der Waals surface area contributed by atoms with Gasteiger partial charge in [-0.25, -0.2) is 17.1 Å². The van der Waals surface area contributed by atoms with Gasteiger partial charge in [0.2, 0.25) is 10.0 Å². The molecule has 0 radical (unpaired) electrons. The minimum absolute atomic E-state index is 0.0528. The first-order valence-electron chi connectivity index (χ1n) is 4.36. The number of rotatable bonds is 3. The highest BCUT2D eigenvalue weighted by atomic mass is 32.2. The van der Waals surface area contributed by atoms with Gasteiger partial charge in [0.1, 0.15) is 0 Å². The van der Waals surface area contributed by atoms with Crippen molar-refractivity contribution in [3.05, 3.63) is 17.9 Å². The highest BCUT2D eigenvalue weighted by Gasteiger charge is 2.21. The van der Waals surface area contributed by atoms with Crippen LogP contribution in [0, 0.1) is 5.82 Å². The molecule has 0 unspecified atom stereocenters. The van der Waals surface area contributed by atoms with E-state index in [0.29, 0.717) is 0 Å². The number of benzene rings is 1. The predicted octanol–water partition coefficient (Wildman–Crippen LogP) is 0.667. The minimum atomic E-state index is -3.69. The first-order chi connectivity index (χ1) is 7.30. The van der Waals surface area contributed by atoms with E-state index in [9.17, 15) is 12.8 Å². The number of halogens is 1. The number of nitrogens with zero attached hydrogens (tertiary/aromatic N) is 1. The molecule has 0 aliphatic rings. The molecule has 0 fully saturated rings. The maximum Gasteiger partial charge on any atom is 0.242 e. The largest absolute Gasteiger partial charge is 0.492 e. The van der Waals surface area contributed by atoms with Crippen LogP contribution in [0.5, 0.6) is 5.75 Å². The fraction of sp³-hybridized carbons (Fsp3) is 0.333. The Balaban J connectivity index is 3.41. The molecule has 90 valence electrons. The van der Waals surface area contributed by atoms with E-state index in [1.807, 2.05) is 0 Å². The van der Waals surface area contributed by atoms with E-state index in [-0.39, 0.29) is 16.3 Å². The van der Waals surface area contributed by atoms with Crippen molar-refractivity contribution in [1.82, 2.24) is 4.31 Å². The maximum absolute atomic E-state index is 13.4. The lowest BCUT2D eigenvalue weighted by atomic mass is 10.3. The van der Waals surface area contributed by atoms with Crippen LogP contribution in [-0.4, -0.2) is 33.9 Å². The van der Waals surface area contributed by atoms with Crippen LogP contribution in [0.3, 0.4) is 0 Å². The molecule has 0 bridgehead atoms. The van der Waals surface area contributed by atoms with Crippen LogP contribution >= 0.6 is 0 Å². The Labute approximate surface area is 93.7 Å². The van der Waals surface area contributed by atoms with Gasteiger partial charge in [0, 0.05) is 14.1 Å². The van der Waals surface area contributed by atoms with E-state index in [2.05, 4.69) is 0 Å². The van der Waals surface area contributed by atoms with E-state index in [0.717, 1.165) is 16.4 Å². The lowest BCUT2D eigenvalue weighted by Crippen LogP contribution is -2.22. The Bertz CT molecular complexity index is 476. The molecule has 0 spiro atoms. The van der Waals surface area contributed by atoms with Crippen molar-refractivity contribution in [2.45, 2.75) is 4.90 Å². The second kappa shape index (κ2) is 4.26. The second-order valence-electron chi connectivity index (χ2n) is 3.32. The molecule has 2 N–H and O–H groups in total. The van der Waals surface area contributed by atoms with Gasteiger partial charge in [0.15, 0.2) is 11.6 Å². The minimum Gasteiger partial charge on any atom is -0.492 e. The van der Waals surface area contributed by atoms with Gasteiger partial charge in [-0.15, -0.1) is 0 Å². The summed E-state index contributed by atoms with van der Waals surface area (Å²) in [6, 6.07) is 2.04. The van der Waals surface area contributed by atoms with Gasteiger partial charge in [-0.2, -0.15) is 0 Å². The second-order valence-corrected chi connectivity index (χ2v) is 5.47. The molecule has 1 aromatic rings. The number of hydrogen-bond acceptors (Lipinski definition) is 4. The molecule has 0 saturated heterocycles. The predicted molar refractivity (Wildman–Crippen MR) is 58.2 cm³/mol. The number of hydrogen-bond donors (Lipinski definition) is 1. The number of methoxy groups -OCH3 is 1. The zero-order chi connectivity index (χ0) is 12.5. The first kappa shape index (κ1) is 12.7. The smallest absolute Gasteiger partial charge is 0.242 e. The molecule has 0 heterocycles. The zero-order valence-electron chi connectivity index (χ0n) is 9.19. The molecule has 16 heavy (non-hydrogen) atoms. The van der Waals surface area contributed by atoms with Gasteiger partial charge < -0.3 is 10.5 Å². The molecule has 7 heteroatoms. The fourth-order valence-corrected chi connectivity index (χ4v) is 2.11. The third-order valence-electron chi connectivity index (χ3n) is 2.03. The Morgan fingerprint density at radius 1 is 1.38 bits per heavy atom. The van der Waals surface area contributed by atoms with Crippen LogP contribution in [-0.2, 0) is 10.0 Å². The monoisotopic (exact) mass is 248 g/mol. The van der Waals surface area contributed by atoms with Crippen molar-refractivity contribution in [1.29, 1.82) is 0 Å². The molecular weight excluding hydrogens is 235 g/mol. The Morgan fingerprint density at radius 2 is 1.94 bits per heavy atom. The van der Waals surface area contributed by atoms with Gasteiger partial charge in [-0.3, -0.25) is 0 Å². The number of anilines is 1. The third-order valence-corrected chi connectivity index (χ3v) is 3.82. The van der Waals surface area contributed by atoms with Crippen molar-refractivity contribution in [2.24, 2.45) is 0 Å². The summed E-state index contributed by atoms with van der Waals surface area (Å²) < 4.78 is 42.5. The summed E-state index contributed by atoms with van der Waals surface area (Å²) in [4.78, 5) is -0.201. The highest BCUT2D eigenvalue weighted by Crippen LogP contribution is 2.29. The Hall–Kier alpha value is -1.34. The van der Waals surface area contributed by atoms with Gasteiger partial charge >= 0.3 is 0 Å². The van der Waals surface area contributed by atoms with Crippen LogP contribution in [0.4, 0.5) is 10.1 Å². The molecule has 0 saturated carbocycles. The van der Waals surface area contributed by atoms with Gasteiger partial charge in [-0.05, 0) is 12.1 Å². The van der Waals surface area contributed by atoms with Crippen LogP contribution in [0.25, 0.3) is 0 Å². The summed E-state index contributed by atoms with van der Waals surface area (Å²) in [5, 5.41) is 0. The molecular formula is C9H13FN2O3S. The lowest BCUT2D eigenvalue weighted by Gasteiger charge is -2.13. The lowest BCUT2D eigenvalue weighted by molar-refractivity contribution is 0.388. The number of ether oxygens (including phenoxy) is 1. The third kappa shape index (κ3) is 2.10. The van der Waals surface area contributed by atoms with Gasteiger partial charge in [0.25, 0.3) is 0 Å². The summed E-state index contributed by atoms with van der Waals surface area (Å²) in [5.41, 5.74) is 5.43. The molecule has 5 nitrogen and oxygen atoms in total. The summed E-state index contributed by atoms with van der Waals surface area (Å²) in [7, 11) is 0.279. The number of sulfonamides is 1. The zero-order valence-corrected chi connectivity index (χ0v) is 10.0. The van der Waals surface area contributed by atoms with Crippen molar-refractivity contribution in [3.63, 3.8) is 0 Å².